The number of anilines is 1. The SMILES string of the molecule is CCN1CCN(c2ccc(F)cc2C(C)NC(=O)Cc2nc3nc(C)cc(C)n3n2)CC1. The van der Waals surface area contributed by atoms with E-state index in [2.05, 4.69) is 37.1 Å². The van der Waals surface area contributed by atoms with Crippen molar-refractivity contribution >= 4 is 17.4 Å². The van der Waals surface area contributed by atoms with Crippen molar-refractivity contribution in [3.8, 4) is 0 Å². The van der Waals surface area contributed by atoms with Crippen molar-refractivity contribution < 1.29 is 9.18 Å². The summed E-state index contributed by atoms with van der Waals surface area (Å²) >= 11 is 0. The van der Waals surface area contributed by atoms with E-state index in [0.717, 1.165) is 55.4 Å². The lowest BCUT2D eigenvalue weighted by atomic mass is 10.0. The summed E-state index contributed by atoms with van der Waals surface area (Å²) in [6.07, 6.45) is 0.0337. The number of likely N-dealkylation sites (N-methyl/N-ethyl adjacent to an activating group) is 1. The second kappa shape index (κ2) is 9.20. The number of amides is 1. The molecule has 1 N–H and O–H groups in total. The smallest absolute Gasteiger partial charge is 0.252 e. The zero-order valence-corrected chi connectivity index (χ0v) is 19.1. The molecule has 8 nitrogen and oxygen atoms in total. The summed E-state index contributed by atoms with van der Waals surface area (Å²) in [5, 5.41) is 7.39. The summed E-state index contributed by atoms with van der Waals surface area (Å²) in [6.45, 7) is 12.6. The van der Waals surface area contributed by atoms with Crippen molar-refractivity contribution in [1.82, 2.24) is 29.8 Å². The molecule has 3 heterocycles. The maximum absolute atomic E-state index is 14.1. The minimum absolute atomic E-state index is 0.0337. The van der Waals surface area contributed by atoms with E-state index < -0.39 is 0 Å². The number of rotatable bonds is 6. The maximum Gasteiger partial charge on any atom is 0.252 e. The van der Waals surface area contributed by atoms with Crippen LogP contribution >= 0.6 is 0 Å². The number of aromatic nitrogens is 4. The molecule has 1 amide bonds. The van der Waals surface area contributed by atoms with Gasteiger partial charge in [0.15, 0.2) is 5.82 Å². The Morgan fingerprint density at radius 1 is 1.16 bits per heavy atom. The highest BCUT2D eigenvalue weighted by molar-refractivity contribution is 5.78. The number of halogens is 1. The van der Waals surface area contributed by atoms with Crippen molar-refractivity contribution in [3.63, 3.8) is 0 Å². The summed E-state index contributed by atoms with van der Waals surface area (Å²) in [5.41, 5.74) is 3.51. The highest BCUT2D eigenvalue weighted by Crippen LogP contribution is 2.28. The number of benzene rings is 1. The van der Waals surface area contributed by atoms with Crippen LogP contribution in [0.25, 0.3) is 5.78 Å². The van der Waals surface area contributed by atoms with Gasteiger partial charge in [0, 0.05) is 48.8 Å². The number of hydrogen-bond acceptors (Lipinski definition) is 6. The Kier molecular flexibility index (Phi) is 6.36. The van der Waals surface area contributed by atoms with Crippen molar-refractivity contribution in [2.75, 3.05) is 37.6 Å². The molecule has 2 aromatic heterocycles. The molecule has 32 heavy (non-hydrogen) atoms. The zero-order chi connectivity index (χ0) is 22.8. The summed E-state index contributed by atoms with van der Waals surface area (Å²) in [6, 6.07) is 6.38. The molecule has 1 fully saturated rings. The van der Waals surface area contributed by atoms with Crippen LogP contribution < -0.4 is 10.2 Å². The molecule has 170 valence electrons. The number of carbonyl (C=O) groups excluding carboxylic acids is 1. The Labute approximate surface area is 187 Å². The van der Waals surface area contributed by atoms with Gasteiger partial charge in [0.25, 0.3) is 5.78 Å². The van der Waals surface area contributed by atoms with Gasteiger partial charge in [0.2, 0.25) is 5.91 Å². The molecule has 0 spiro atoms. The quantitative estimate of drug-likeness (QED) is 0.636. The minimum Gasteiger partial charge on any atom is -0.369 e. The van der Waals surface area contributed by atoms with Gasteiger partial charge in [-0.1, -0.05) is 6.92 Å². The third-order valence-electron chi connectivity index (χ3n) is 5.97. The molecule has 0 bridgehead atoms. The van der Waals surface area contributed by atoms with Crippen LogP contribution in [0, 0.1) is 19.7 Å². The Bertz CT molecular complexity index is 1120. The number of nitrogens with one attached hydrogen (secondary N) is 1. The second-order valence-electron chi connectivity index (χ2n) is 8.37. The lowest BCUT2D eigenvalue weighted by Gasteiger charge is -2.37. The molecular formula is C23H30FN7O. The van der Waals surface area contributed by atoms with E-state index in [1.807, 2.05) is 32.9 Å². The summed E-state index contributed by atoms with van der Waals surface area (Å²) < 4.78 is 15.7. The molecule has 1 aliphatic heterocycles. The predicted octanol–water partition coefficient (Wildman–Crippen LogP) is 2.44. The molecular weight excluding hydrogens is 409 g/mol. The van der Waals surface area contributed by atoms with Crippen LogP contribution in [0.2, 0.25) is 0 Å². The van der Waals surface area contributed by atoms with Gasteiger partial charge in [0.1, 0.15) is 5.82 Å². The van der Waals surface area contributed by atoms with Gasteiger partial charge in [-0.25, -0.2) is 13.9 Å². The van der Waals surface area contributed by atoms with Gasteiger partial charge in [0.05, 0.1) is 12.5 Å². The van der Waals surface area contributed by atoms with Crippen molar-refractivity contribution in [1.29, 1.82) is 0 Å². The van der Waals surface area contributed by atoms with Crippen LogP contribution in [-0.2, 0) is 11.2 Å². The van der Waals surface area contributed by atoms with E-state index in [9.17, 15) is 9.18 Å². The van der Waals surface area contributed by atoms with Gasteiger partial charge in [-0.15, -0.1) is 5.10 Å². The van der Waals surface area contributed by atoms with E-state index in [0.29, 0.717) is 11.6 Å². The van der Waals surface area contributed by atoms with Gasteiger partial charge in [-0.05, 0) is 51.6 Å². The molecule has 1 aliphatic rings. The summed E-state index contributed by atoms with van der Waals surface area (Å²) in [4.78, 5) is 26.2. The fourth-order valence-electron chi connectivity index (χ4n) is 4.26. The number of piperazine rings is 1. The number of fused-ring (bicyclic) bond motifs is 1. The molecule has 1 aromatic carbocycles. The van der Waals surface area contributed by atoms with Crippen molar-refractivity contribution in [2.24, 2.45) is 0 Å². The van der Waals surface area contributed by atoms with Crippen LogP contribution in [0.3, 0.4) is 0 Å². The first kappa shape index (κ1) is 22.1. The Hall–Kier alpha value is -3.07. The molecule has 1 saturated heterocycles. The van der Waals surface area contributed by atoms with Crippen LogP contribution in [0.15, 0.2) is 24.3 Å². The molecule has 1 unspecified atom stereocenters. The van der Waals surface area contributed by atoms with E-state index in [1.54, 1.807) is 4.52 Å². The average Bonchev–Trinajstić information content (AvgIpc) is 3.16. The van der Waals surface area contributed by atoms with E-state index >= 15 is 0 Å². The van der Waals surface area contributed by atoms with E-state index in [4.69, 9.17) is 0 Å². The summed E-state index contributed by atoms with van der Waals surface area (Å²) in [7, 11) is 0. The van der Waals surface area contributed by atoms with E-state index in [-0.39, 0.29) is 24.2 Å². The monoisotopic (exact) mass is 439 g/mol. The van der Waals surface area contributed by atoms with Crippen LogP contribution in [0.5, 0.6) is 0 Å². The highest BCUT2D eigenvalue weighted by Gasteiger charge is 2.22. The van der Waals surface area contributed by atoms with Crippen LogP contribution in [-0.4, -0.2) is 63.1 Å². The largest absolute Gasteiger partial charge is 0.369 e. The first-order chi connectivity index (χ1) is 15.3. The minimum atomic E-state index is -0.350. The lowest BCUT2D eigenvalue weighted by Crippen LogP contribution is -2.46. The molecule has 4 rings (SSSR count). The first-order valence-electron chi connectivity index (χ1n) is 11.1. The molecule has 0 radical (unpaired) electrons. The average molecular weight is 440 g/mol. The molecule has 0 aliphatic carbocycles. The zero-order valence-electron chi connectivity index (χ0n) is 19.1. The fourth-order valence-corrected chi connectivity index (χ4v) is 4.26. The molecule has 9 heteroatoms. The fraction of sp³-hybridized carbons (Fsp3) is 0.478. The highest BCUT2D eigenvalue weighted by atomic mass is 19.1. The molecule has 1 atom stereocenters. The third-order valence-corrected chi connectivity index (χ3v) is 5.97. The van der Waals surface area contributed by atoms with E-state index in [1.165, 1.54) is 12.1 Å². The Morgan fingerprint density at radius 2 is 1.91 bits per heavy atom. The number of carbonyl (C=O) groups is 1. The first-order valence-corrected chi connectivity index (χ1v) is 11.1. The third kappa shape index (κ3) is 4.72. The number of hydrogen-bond donors (Lipinski definition) is 1. The molecule has 0 saturated carbocycles. The number of nitrogens with zero attached hydrogens (tertiary/aromatic N) is 6. The topological polar surface area (TPSA) is 78.7 Å². The standard InChI is InChI=1S/C23H30FN7O/c1-5-29-8-10-30(11-9-29)20-7-6-18(24)13-19(20)17(4)26-22(32)14-21-27-23-25-15(2)12-16(3)31(23)28-21/h6-7,12-13,17H,5,8-11,14H2,1-4H3,(H,26,32). The van der Waals surface area contributed by atoms with Gasteiger partial charge >= 0.3 is 0 Å². The van der Waals surface area contributed by atoms with Gasteiger partial charge in [-0.2, -0.15) is 4.98 Å². The Morgan fingerprint density at radius 3 is 2.62 bits per heavy atom. The normalized spacial score (nSPS) is 15.8. The Balaban J connectivity index is 1.47. The number of aryl methyl sites for hydroxylation is 2. The predicted molar refractivity (Wildman–Crippen MR) is 121 cm³/mol. The van der Waals surface area contributed by atoms with Crippen LogP contribution in [0.4, 0.5) is 10.1 Å². The lowest BCUT2D eigenvalue weighted by molar-refractivity contribution is -0.121. The maximum atomic E-state index is 14.1. The summed E-state index contributed by atoms with van der Waals surface area (Å²) in [5.74, 6) is 0.368. The second-order valence-corrected chi connectivity index (χ2v) is 8.37. The van der Waals surface area contributed by atoms with Crippen molar-refractivity contribution in [2.45, 2.75) is 40.2 Å². The van der Waals surface area contributed by atoms with Gasteiger partial charge < -0.3 is 15.1 Å². The van der Waals surface area contributed by atoms with Crippen LogP contribution in [0.1, 0.15) is 42.7 Å². The molecule has 3 aromatic rings. The van der Waals surface area contributed by atoms with Crippen molar-refractivity contribution in [3.05, 3.63) is 52.9 Å². The van der Waals surface area contributed by atoms with Gasteiger partial charge in [-0.3, -0.25) is 4.79 Å².